The molecule has 1 aromatic carbocycles. The zero-order valence-corrected chi connectivity index (χ0v) is 10.4. The summed E-state index contributed by atoms with van der Waals surface area (Å²) in [5, 5.41) is 9.84. The molecule has 0 fully saturated rings. The average Bonchev–Trinajstić information content (AvgIpc) is 2.67. The molecule has 94 valence electrons. The highest BCUT2D eigenvalue weighted by atomic mass is 16.1. The van der Waals surface area contributed by atoms with Crippen LogP contribution in [0.3, 0.4) is 0 Å². The molecule has 0 unspecified atom stereocenters. The second-order valence-electron chi connectivity index (χ2n) is 4.22. The molecule has 1 heterocycles. The molecule has 0 spiro atoms. The lowest BCUT2D eigenvalue weighted by atomic mass is 10.1. The van der Waals surface area contributed by atoms with E-state index in [-0.39, 0.29) is 5.91 Å². The van der Waals surface area contributed by atoms with Gasteiger partial charge in [-0.3, -0.25) is 9.89 Å². The number of rotatable bonds is 3. The number of anilines is 1. The Bertz CT molecular complexity index is 537. The third-order valence-corrected chi connectivity index (χ3v) is 2.88. The monoisotopic (exact) mass is 244 g/mol. The summed E-state index contributed by atoms with van der Waals surface area (Å²) in [6.07, 6.45) is 0. The maximum absolute atomic E-state index is 11.9. The molecule has 0 radical (unpaired) electrons. The van der Waals surface area contributed by atoms with Crippen LogP contribution in [0.25, 0.3) is 0 Å². The predicted octanol–water partition coefficient (Wildman–Crippen LogP) is 1.54. The van der Waals surface area contributed by atoms with E-state index in [4.69, 9.17) is 5.73 Å². The van der Waals surface area contributed by atoms with Gasteiger partial charge in [-0.2, -0.15) is 5.10 Å². The number of nitrogen functional groups attached to an aromatic ring is 1. The summed E-state index contributed by atoms with van der Waals surface area (Å²) in [7, 11) is 0. The summed E-state index contributed by atoms with van der Waals surface area (Å²) < 4.78 is 0. The first-order valence-electron chi connectivity index (χ1n) is 5.72. The van der Waals surface area contributed by atoms with Crippen LogP contribution in [0.4, 0.5) is 5.69 Å². The normalized spacial score (nSPS) is 10.3. The van der Waals surface area contributed by atoms with E-state index in [9.17, 15) is 4.79 Å². The molecule has 2 aromatic rings. The van der Waals surface area contributed by atoms with Gasteiger partial charge in [0.15, 0.2) is 0 Å². The molecule has 0 bridgehead atoms. The number of carbonyl (C=O) groups is 1. The summed E-state index contributed by atoms with van der Waals surface area (Å²) in [6.45, 7) is 4.32. The average molecular weight is 244 g/mol. The lowest BCUT2D eigenvalue weighted by molar-refractivity contribution is 0.0951. The van der Waals surface area contributed by atoms with Crippen LogP contribution in [0.1, 0.15) is 27.3 Å². The van der Waals surface area contributed by atoms with Crippen LogP contribution in [-0.2, 0) is 6.54 Å². The van der Waals surface area contributed by atoms with Gasteiger partial charge in [-0.25, -0.2) is 0 Å². The van der Waals surface area contributed by atoms with Crippen LogP contribution >= 0.6 is 0 Å². The molecule has 5 heteroatoms. The summed E-state index contributed by atoms with van der Waals surface area (Å²) in [6, 6.07) is 6.84. The minimum absolute atomic E-state index is 0.116. The first-order chi connectivity index (χ1) is 8.58. The SMILES string of the molecule is Cc1n[nH]c(C)c1CNC(=O)c1ccc(N)cc1. The van der Waals surface area contributed by atoms with E-state index in [0.717, 1.165) is 17.0 Å². The third-order valence-electron chi connectivity index (χ3n) is 2.88. The highest BCUT2D eigenvalue weighted by Crippen LogP contribution is 2.10. The lowest BCUT2D eigenvalue weighted by Gasteiger charge is -2.05. The van der Waals surface area contributed by atoms with Gasteiger partial charge in [-0.15, -0.1) is 0 Å². The van der Waals surface area contributed by atoms with Crippen molar-refractivity contribution in [3.8, 4) is 0 Å². The van der Waals surface area contributed by atoms with E-state index >= 15 is 0 Å². The second-order valence-corrected chi connectivity index (χ2v) is 4.22. The number of aryl methyl sites for hydroxylation is 2. The van der Waals surface area contributed by atoms with Crippen molar-refractivity contribution in [3.05, 3.63) is 46.8 Å². The molecule has 4 N–H and O–H groups in total. The number of aromatic nitrogens is 2. The zero-order chi connectivity index (χ0) is 13.1. The lowest BCUT2D eigenvalue weighted by Crippen LogP contribution is -2.23. The Hall–Kier alpha value is -2.30. The summed E-state index contributed by atoms with van der Waals surface area (Å²) in [4.78, 5) is 11.9. The summed E-state index contributed by atoms with van der Waals surface area (Å²) in [5.41, 5.74) is 9.73. The molecular formula is C13H16N4O. The van der Waals surface area contributed by atoms with Gasteiger partial charge in [0.2, 0.25) is 0 Å². The third kappa shape index (κ3) is 2.51. The molecule has 2 rings (SSSR count). The molecule has 0 aliphatic rings. The van der Waals surface area contributed by atoms with Gasteiger partial charge in [-0.1, -0.05) is 0 Å². The zero-order valence-electron chi connectivity index (χ0n) is 10.4. The smallest absolute Gasteiger partial charge is 0.251 e. The number of nitrogens with one attached hydrogen (secondary N) is 2. The number of hydrogen-bond acceptors (Lipinski definition) is 3. The Labute approximate surface area is 105 Å². The van der Waals surface area contributed by atoms with Crippen LogP contribution in [0.5, 0.6) is 0 Å². The fourth-order valence-electron chi connectivity index (χ4n) is 1.74. The Balaban J connectivity index is 2.03. The van der Waals surface area contributed by atoms with E-state index in [1.807, 2.05) is 13.8 Å². The molecule has 18 heavy (non-hydrogen) atoms. The number of amides is 1. The molecule has 1 amide bonds. The Morgan fingerprint density at radius 2 is 2.00 bits per heavy atom. The van der Waals surface area contributed by atoms with Crippen molar-refractivity contribution >= 4 is 11.6 Å². The van der Waals surface area contributed by atoms with E-state index in [2.05, 4.69) is 15.5 Å². The first kappa shape index (κ1) is 12.2. The van der Waals surface area contributed by atoms with Crippen molar-refractivity contribution < 1.29 is 4.79 Å². The van der Waals surface area contributed by atoms with Crippen LogP contribution in [0.2, 0.25) is 0 Å². The molecule has 5 nitrogen and oxygen atoms in total. The molecule has 0 aliphatic carbocycles. The van der Waals surface area contributed by atoms with Gasteiger partial charge >= 0.3 is 0 Å². The van der Waals surface area contributed by atoms with E-state index in [1.165, 1.54) is 0 Å². The molecular weight excluding hydrogens is 228 g/mol. The topological polar surface area (TPSA) is 83.8 Å². The van der Waals surface area contributed by atoms with Crippen LogP contribution < -0.4 is 11.1 Å². The molecule has 0 saturated carbocycles. The fourth-order valence-corrected chi connectivity index (χ4v) is 1.74. The van der Waals surface area contributed by atoms with Gasteiger partial charge in [0.25, 0.3) is 5.91 Å². The molecule has 1 aromatic heterocycles. The van der Waals surface area contributed by atoms with Gasteiger partial charge < -0.3 is 11.1 Å². The molecule has 0 saturated heterocycles. The highest BCUT2D eigenvalue weighted by molar-refractivity contribution is 5.94. The van der Waals surface area contributed by atoms with Gasteiger partial charge in [0.05, 0.1) is 5.69 Å². The van der Waals surface area contributed by atoms with Crippen molar-refractivity contribution in [1.29, 1.82) is 0 Å². The second kappa shape index (κ2) is 4.91. The number of hydrogen-bond donors (Lipinski definition) is 3. The van der Waals surface area contributed by atoms with Gasteiger partial charge in [0.1, 0.15) is 0 Å². The number of nitrogens with two attached hydrogens (primary N) is 1. The number of nitrogens with zero attached hydrogens (tertiary/aromatic N) is 1. The van der Waals surface area contributed by atoms with Gasteiger partial charge in [-0.05, 0) is 38.1 Å². The maximum atomic E-state index is 11.9. The van der Waals surface area contributed by atoms with Crippen molar-refractivity contribution in [1.82, 2.24) is 15.5 Å². The van der Waals surface area contributed by atoms with E-state index in [1.54, 1.807) is 24.3 Å². The van der Waals surface area contributed by atoms with E-state index < -0.39 is 0 Å². The van der Waals surface area contributed by atoms with Crippen molar-refractivity contribution in [2.45, 2.75) is 20.4 Å². The number of H-pyrrole nitrogens is 1. The fraction of sp³-hybridized carbons (Fsp3) is 0.231. The Morgan fingerprint density at radius 3 is 2.56 bits per heavy atom. The number of carbonyl (C=O) groups excluding carboxylic acids is 1. The Morgan fingerprint density at radius 1 is 1.33 bits per heavy atom. The van der Waals surface area contributed by atoms with Crippen molar-refractivity contribution in [2.75, 3.05) is 5.73 Å². The number of aromatic amines is 1. The minimum Gasteiger partial charge on any atom is -0.399 e. The summed E-state index contributed by atoms with van der Waals surface area (Å²) >= 11 is 0. The molecule has 0 atom stereocenters. The predicted molar refractivity (Wildman–Crippen MR) is 70.1 cm³/mol. The standard InChI is InChI=1S/C13H16N4O/c1-8-12(9(2)17-16-8)7-15-13(18)10-3-5-11(14)6-4-10/h3-6H,7,14H2,1-2H3,(H,15,18)(H,16,17). The summed E-state index contributed by atoms with van der Waals surface area (Å²) in [5.74, 6) is -0.116. The largest absolute Gasteiger partial charge is 0.399 e. The van der Waals surface area contributed by atoms with Crippen LogP contribution in [0.15, 0.2) is 24.3 Å². The van der Waals surface area contributed by atoms with Crippen LogP contribution in [-0.4, -0.2) is 16.1 Å². The van der Waals surface area contributed by atoms with E-state index in [0.29, 0.717) is 17.8 Å². The van der Waals surface area contributed by atoms with Crippen molar-refractivity contribution in [3.63, 3.8) is 0 Å². The quantitative estimate of drug-likeness (QED) is 0.716. The minimum atomic E-state index is -0.116. The highest BCUT2D eigenvalue weighted by Gasteiger charge is 2.09. The van der Waals surface area contributed by atoms with Crippen LogP contribution in [0, 0.1) is 13.8 Å². The number of benzene rings is 1. The first-order valence-corrected chi connectivity index (χ1v) is 5.72. The maximum Gasteiger partial charge on any atom is 0.251 e. The van der Waals surface area contributed by atoms with Crippen molar-refractivity contribution in [2.24, 2.45) is 0 Å². The van der Waals surface area contributed by atoms with Gasteiger partial charge in [0, 0.05) is 29.1 Å². The molecule has 0 aliphatic heterocycles. The Kier molecular flexibility index (Phi) is 3.32.